The van der Waals surface area contributed by atoms with Crippen LogP contribution in [0.4, 0.5) is 0 Å². The molecule has 1 aromatic carbocycles. The Balaban J connectivity index is 2.72. The lowest BCUT2D eigenvalue weighted by molar-refractivity contribution is -0.123. The smallest absolute Gasteiger partial charge is 0.245 e. The fourth-order valence-corrected chi connectivity index (χ4v) is 1.75. The van der Waals surface area contributed by atoms with Crippen molar-refractivity contribution in [3.05, 3.63) is 29.3 Å². The highest BCUT2D eigenvalue weighted by Gasteiger charge is 2.07. The Morgan fingerprint density at radius 1 is 1.44 bits per heavy atom. The Kier molecular flexibility index (Phi) is 5.65. The number of rotatable bonds is 6. The number of carbonyl (C=O) groups is 1. The molecule has 0 atom stereocenters. The Morgan fingerprint density at radius 3 is 2.72 bits per heavy atom. The number of benzene rings is 1. The van der Waals surface area contributed by atoms with Crippen molar-refractivity contribution in [3.8, 4) is 5.75 Å². The molecule has 0 heterocycles. The fraction of sp³-hybridized carbons (Fsp3) is 0.500. The van der Waals surface area contributed by atoms with Gasteiger partial charge in [-0.15, -0.1) is 0 Å². The number of methoxy groups -OCH3 is 1. The van der Waals surface area contributed by atoms with E-state index in [9.17, 15) is 4.79 Å². The Hall–Kier alpha value is -1.55. The van der Waals surface area contributed by atoms with Crippen molar-refractivity contribution in [2.75, 3.05) is 20.3 Å². The van der Waals surface area contributed by atoms with Crippen molar-refractivity contribution >= 4 is 5.91 Å². The van der Waals surface area contributed by atoms with Crippen LogP contribution in [0.1, 0.15) is 30.9 Å². The quantitative estimate of drug-likeness (QED) is 0.805. The molecule has 0 unspecified atom stereocenters. The third-order valence-corrected chi connectivity index (χ3v) is 2.83. The monoisotopic (exact) mass is 251 g/mol. The molecular formula is C14H21NO3. The molecule has 0 bridgehead atoms. The summed E-state index contributed by atoms with van der Waals surface area (Å²) in [5.74, 6) is 0.938. The van der Waals surface area contributed by atoms with Crippen molar-refractivity contribution in [3.63, 3.8) is 0 Å². The van der Waals surface area contributed by atoms with E-state index in [2.05, 4.69) is 31.3 Å². The zero-order chi connectivity index (χ0) is 13.5. The summed E-state index contributed by atoms with van der Waals surface area (Å²) in [6.07, 6.45) is 0.690. The van der Waals surface area contributed by atoms with Crippen molar-refractivity contribution in [2.45, 2.75) is 26.2 Å². The van der Waals surface area contributed by atoms with Gasteiger partial charge in [0.1, 0.15) is 12.4 Å². The lowest BCUT2D eigenvalue weighted by atomic mass is 9.99. The van der Waals surface area contributed by atoms with Gasteiger partial charge in [0.2, 0.25) is 5.91 Å². The normalized spacial score (nSPS) is 10.5. The standard InChI is InChI=1S/C14H21NO3/c1-10(2)11-4-5-13(18-3)12(8-11)6-7-15-14(17)9-16/h4-5,8,10,16H,6-7,9H2,1-3H3,(H,15,17). The van der Waals surface area contributed by atoms with E-state index in [-0.39, 0.29) is 5.91 Å². The predicted octanol–water partition coefficient (Wildman–Crippen LogP) is 1.47. The van der Waals surface area contributed by atoms with Crippen molar-refractivity contribution in [1.29, 1.82) is 0 Å². The van der Waals surface area contributed by atoms with E-state index in [1.54, 1.807) is 7.11 Å². The second-order valence-electron chi connectivity index (χ2n) is 4.48. The molecule has 0 saturated carbocycles. The maximum atomic E-state index is 10.9. The summed E-state index contributed by atoms with van der Waals surface area (Å²) in [6, 6.07) is 6.12. The van der Waals surface area contributed by atoms with Gasteiger partial charge >= 0.3 is 0 Å². The average molecular weight is 251 g/mol. The summed E-state index contributed by atoms with van der Waals surface area (Å²) in [5.41, 5.74) is 2.32. The highest BCUT2D eigenvalue weighted by Crippen LogP contribution is 2.24. The lowest BCUT2D eigenvalue weighted by Gasteiger charge is -2.13. The van der Waals surface area contributed by atoms with Crippen LogP contribution < -0.4 is 10.1 Å². The van der Waals surface area contributed by atoms with Crippen LogP contribution in [0.2, 0.25) is 0 Å². The summed E-state index contributed by atoms with van der Waals surface area (Å²) in [5, 5.41) is 11.2. The molecule has 0 aliphatic carbocycles. The number of aliphatic hydroxyl groups is 1. The molecule has 4 nitrogen and oxygen atoms in total. The first kappa shape index (κ1) is 14.5. The molecule has 0 aromatic heterocycles. The summed E-state index contributed by atoms with van der Waals surface area (Å²) < 4.78 is 5.30. The number of hydrogen-bond donors (Lipinski definition) is 2. The Bertz CT molecular complexity index is 402. The first-order chi connectivity index (χ1) is 8.58. The molecular weight excluding hydrogens is 230 g/mol. The van der Waals surface area contributed by atoms with Crippen LogP contribution in [0.25, 0.3) is 0 Å². The number of carbonyl (C=O) groups excluding carboxylic acids is 1. The minimum Gasteiger partial charge on any atom is -0.496 e. The van der Waals surface area contributed by atoms with Crippen LogP contribution in [-0.2, 0) is 11.2 Å². The second kappa shape index (κ2) is 7.01. The maximum Gasteiger partial charge on any atom is 0.245 e. The van der Waals surface area contributed by atoms with Gasteiger partial charge in [-0.05, 0) is 29.5 Å². The average Bonchev–Trinajstić information content (AvgIpc) is 2.38. The van der Waals surface area contributed by atoms with Crippen molar-refractivity contribution in [1.82, 2.24) is 5.32 Å². The Labute approximate surface area is 108 Å². The maximum absolute atomic E-state index is 10.9. The molecule has 2 N–H and O–H groups in total. The Morgan fingerprint density at radius 2 is 2.17 bits per heavy atom. The van der Waals surface area contributed by atoms with Crippen LogP contribution in [0.15, 0.2) is 18.2 Å². The molecule has 100 valence electrons. The zero-order valence-electron chi connectivity index (χ0n) is 11.2. The molecule has 1 rings (SSSR count). The highest BCUT2D eigenvalue weighted by molar-refractivity contribution is 5.76. The molecule has 1 amide bonds. The third-order valence-electron chi connectivity index (χ3n) is 2.83. The molecule has 0 saturated heterocycles. The van der Waals surface area contributed by atoms with Gasteiger partial charge in [0.25, 0.3) is 0 Å². The fourth-order valence-electron chi connectivity index (χ4n) is 1.75. The van der Waals surface area contributed by atoms with Gasteiger partial charge in [0, 0.05) is 6.54 Å². The second-order valence-corrected chi connectivity index (χ2v) is 4.48. The molecule has 1 aromatic rings. The number of amides is 1. The van der Waals surface area contributed by atoms with Crippen molar-refractivity contribution < 1.29 is 14.6 Å². The molecule has 0 spiro atoms. The van der Waals surface area contributed by atoms with E-state index >= 15 is 0 Å². The zero-order valence-corrected chi connectivity index (χ0v) is 11.2. The van der Waals surface area contributed by atoms with Gasteiger partial charge in [-0.3, -0.25) is 4.79 Å². The van der Waals surface area contributed by atoms with Crippen LogP contribution in [-0.4, -0.2) is 31.3 Å². The third kappa shape index (κ3) is 4.04. The molecule has 0 aliphatic heterocycles. The topological polar surface area (TPSA) is 58.6 Å². The largest absolute Gasteiger partial charge is 0.496 e. The summed E-state index contributed by atoms with van der Waals surface area (Å²) in [6.45, 7) is 4.30. The minimum absolute atomic E-state index is 0.353. The van der Waals surface area contributed by atoms with E-state index in [0.29, 0.717) is 18.9 Å². The first-order valence-corrected chi connectivity index (χ1v) is 6.12. The van der Waals surface area contributed by atoms with Gasteiger partial charge in [0.15, 0.2) is 0 Å². The lowest BCUT2D eigenvalue weighted by Crippen LogP contribution is -2.28. The van der Waals surface area contributed by atoms with Crippen LogP contribution in [0.5, 0.6) is 5.75 Å². The van der Waals surface area contributed by atoms with E-state index in [1.165, 1.54) is 5.56 Å². The summed E-state index contributed by atoms with van der Waals surface area (Å²) in [7, 11) is 1.64. The number of nitrogens with one attached hydrogen (secondary N) is 1. The SMILES string of the molecule is COc1ccc(C(C)C)cc1CCNC(=O)CO. The van der Waals surface area contributed by atoms with E-state index in [4.69, 9.17) is 9.84 Å². The molecule has 4 heteroatoms. The number of hydrogen-bond acceptors (Lipinski definition) is 3. The summed E-state index contributed by atoms with van der Waals surface area (Å²) in [4.78, 5) is 10.9. The molecule has 18 heavy (non-hydrogen) atoms. The van der Waals surface area contributed by atoms with Crippen LogP contribution >= 0.6 is 0 Å². The van der Waals surface area contributed by atoms with Gasteiger partial charge in [-0.1, -0.05) is 26.0 Å². The molecule has 0 aliphatic rings. The summed E-state index contributed by atoms with van der Waals surface area (Å²) >= 11 is 0. The highest BCUT2D eigenvalue weighted by atomic mass is 16.5. The van der Waals surface area contributed by atoms with Crippen LogP contribution in [0, 0.1) is 0 Å². The van der Waals surface area contributed by atoms with Gasteiger partial charge in [0.05, 0.1) is 7.11 Å². The number of aliphatic hydroxyl groups excluding tert-OH is 1. The van der Waals surface area contributed by atoms with Gasteiger partial charge in [-0.25, -0.2) is 0 Å². The first-order valence-electron chi connectivity index (χ1n) is 6.12. The molecule has 0 fully saturated rings. The van der Waals surface area contributed by atoms with Crippen molar-refractivity contribution in [2.24, 2.45) is 0 Å². The van der Waals surface area contributed by atoms with Gasteiger partial charge < -0.3 is 15.2 Å². The molecule has 0 radical (unpaired) electrons. The van der Waals surface area contributed by atoms with Gasteiger partial charge in [-0.2, -0.15) is 0 Å². The minimum atomic E-state index is -0.469. The van der Waals surface area contributed by atoms with E-state index in [1.807, 2.05) is 6.07 Å². The van der Waals surface area contributed by atoms with Crippen LogP contribution in [0.3, 0.4) is 0 Å². The van der Waals surface area contributed by atoms with E-state index in [0.717, 1.165) is 11.3 Å². The van der Waals surface area contributed by atoms with E-state index < -0.39 is 6.61 Å². The number of ether oxygens (including phenoxy) is 1. The predicted molar refractivity (Wildman–Crippen MR) is 70.9 cm³/mol.